The Hall–Kier alpha value is -2.22. The Kier molecular flexibility index (Phi) is 6.72. The molecule has 1 aromatic heterocycles. The highest BCUT2D eigenvalue weighted by molar-refractivity contribution is 7.52. The average molecular weight is 420 g/mol. The Morgan fingerprint density at radius 3 is 2.52 bits per heavy atom. The van der Waals surface area contributed by atoms with Gasteiger partial charge in [-0.05, 0) is 49.9 Å². The monoisotopic (exact) mass is 420 g/mol. The molecule has 0 spiro atoms. The summed E-state index contributed by atoms with van der Waals surface area (Å²) >= 11 is 0. The number of para-hydroxylation sites is 1. The molecule has 0 aliphatic carbocycles. The van der Waals surface area contributed by atoms with Crippen LogP contribution >= 0.6 is 7.60 Å². The van der Waals surface area contributed by atoms with Gasteiger partial charge in [0.15, 0.2) is 0 Å². The third kappa shape index (κ3) is 5.23. The van der Waals surface area contributed by atoms with Gasteiger partial charge in [0.25, 0.3) is 0 Å². The number of nitrogens with one attached hydrogen (secondary N) is 1. The van der Waals surface area contributed by atoms with Gasteiger partial charge < -0.3 is 25.0 Å². The molecule has 8 nitrogen and oxygen atoms in total. The second kappa shape index (κ2) is 9.07. The molecule has 0 saturated heterocycles. The maximum atomic E-state index is 11.8. The molecule has 2 atom stereocenters. The van der Waals surface area contributed by atoms with Crippen molar-refractivity contribution in [2.75, 3.05) is 6.54 Å². The van der Waals surface area contributed by atoms with E-state index < -0.39 is 25.4 Å². The summed E-state index contributed by atoms with van der Waals surface area (Å²) in [4.78, 5) is 31.0. The Morgan fingerprint density at radius 1 is 1.10 bits per heavy atom. The summed E-state index contributed by atoms with van der Waals surface area (Å²) < 4.78 is 17.6. The van der Waals surface area contributed by atoms with Gasteiger partial charge in [0.1, 0.15) is 23.0 Å². The summed E-state index contributed by atoms with van der Waals surface area (Å²) in [6.45, 7) is 0.410. The van der Waals surface area contributed by atoms with Crippen LogP contribution in [0.3, 0.4) is 0 Å². The minimum Gasteiger partial charge on any atom is -0.480 e. The zero-order chi connectivity index (χ0) is 21.0. The molecule has 0 radical (unpaired) electrons. The van der Waals surface area contributed by atoms with Gasteiger partial charge in [-0.2, -0.15) is 0 Å². The molecule has 1 heterocycles. The smallest absolute Gasteiger partial charge is 0.342 e. The molecule has 9 heteroatoms. The molecule has 3 rings (SSSR count). The SMILES string of the molecule is NCCCC[C@@H](N[C@@H](Cc1ccc2c(c1)oc1ccccc12)C(=O)O)P(=O)(O)O. The fourth-order valence-electron chi connectivity index (χ4n) is 3.41. The fraction of sp³-hybridized carbons (Fsp3) is 0.350. The Morgan fingerprint density at radius 2 is 1.83 bits per heavy atom. The van der Waals surface area contributed by atoms with Crippen molar-refractivity contribution in [1.82, 2.24) is 5.32 Å². The van der Waals surface area contributed by atoms with E-state index in [-0.39, 0.29) is 12.8 Å². The maximum absolute atomic E-state index is 11.8. The third-order valence-electron chi connectivity index (χ3n) is 4.91. The maximum Gasteiger partial charge on any atom is 0.342 e. The van der Waals surface area contributed by atoms with Gasteiger partial charge in [-0.15, -0.1) is 0 Å². The zero-order valence-electron chi connectivity index (χ0n) is 15.8. The van der Waals surface area contributed by atoms with Crippen molar-refractivity contribution in [3.8, 4) is 0 Å². The molecule has 0 saturated carbocycles. The van der Waals surface area contributed by atoms with Gasteiger partial charge >= 0.3 is 13.6 Å². The second-order valence-corrected chi connectivity index (χ2v) is 8.88. The van der Waals surface area contributed by atoms with Crippen LogP contribution in [0, 0.1) is 0 Å². The molecule has 0 bridgehead atoms. The number of unbranched alkanes of at least 4 members (excludes halogenated alkanes) is 1. The second-order valence-electron chi connectivity index (χ2n) is 7.08. The zero-order valence-corrected chi connectivity index (χ0v) is 16.7. The van der Waals surface area contributed by atoms with Gasteiger partial charge in [-0.25, -0.2) is 0 Å². The largest absolute Gasteiger partial charge is 0.480 e. The molecule has 2 aromatic carbocycles. The topological polar surface area (TPSA) is 146 Å². The number of hydrogen-bond acceptors (Lipinski definition) is 5. The fourth-order valence-corrected chi connectivity index (χ4v) is 4.31. The van der Waals surface area contributed by atoms with E-state index in [2.05, 4.69) is 5.32 Å². The molecule has 0 aliphatic rings. The van der Waals surface area contributed by atoms with Crippen LogP contribution in [0.25, 0.3) is 21.9 Å². The number of fused-ring (bicyclic) bond motifs is 3. The standard InChI is InChI=1S/C20H25N2O6P/c21-10-4-3-7-19(29(25,26)27)22-16(20(23)24)11-13-8-9-15-14-5-1-2-6-17(14)28-18(15)12-13/h1-2,5-6,8-9,12,16,19,22H,3-4,7,10-11,21H2,(H,23,24)(H2,25,26,27)/t16-,19-/m0/s1. The van der Waals surface area contributed by atoms with E-state index in [9.17, 15) is 24.3 Å². The first-order valence-electron chi connectivity index (χ1n) is 9.44. The van der Waals surface area contributed by atoms with E-state index in [1.807, 2.05) is 36.4 Å². The van der Waals surface area contributed by atoms with Crippen molar-refractivity contribution in [3.63, 3.8) is 0 Å². The van der Waals surface area contributed by atoms with Gasteiger partial charge in [-0.3, -0.25) is 14.7 Å². The Labute approximate surface area is 167 Å². The van der Waals surface area contributed by atoms with E-state index in [1.165, 1.54) is 0 Å². The number of benzene rings is 2. The van der Waals surface area contributed by atoms with Crippen LogP contribution in [0.4, 0.5) is 0 Å². The number of carboxylic acids is 1. The van der Waals surface area contributed by atoms with Crippen molar-refractivity contribution >= 4 is 35.5 Å². The van der Waals surface area contributed by atoms with Crippen LogP contribution in [0.1, 0.15) is 24.8 Å². The van der Waals surface area contributed by atoms with E-state index >= 15 is 0 Å². The molecular formula is C20H25N2O6P. The lowest BCUT2D eigenvalue weighted by Crippen LogP contribution is -2.44. The average Bonchev–Trinajstić information content (AvgIpc) is 3.03. The van der Waals surface area contributed by atoms with E-state index in [0.29, 0.717) is 30.5 Å². The lowest BCUT2D eigenvalue weighted by molar-refractivity contribution is -0.139. The minimum atomic E-state index is -4.51. The van der Waals surface area contributed by atoms with Crippen molar-refractivity contribution in [2.24, 2.45) is 5.73 Å². The summed E-state index contributed by atoms with van der Waals surface area (Å²) in [6, 6.07) is 11.9. The first-order chi connectivity index (χ1) is 13.8. The molecule has 0 aliphatic heterocycles. The van der Waals surface area contributed by atoms with Crippen LogP contribution in [-0.4, -0.2) is 39.2 Å². The lowest BCUT2D eigenvalue weighted by atomic mass is 10.0. The van der Waals surface area contributed by atoms with Gasteiger partial charge in [-0.1, -0.05) is 30.3 Å². The summed E-state index contributed by atoms with van der Waals surface area (Å²) in [5.74, 6) is -2.41. The first-order valence-corrected chi connectivity index (χ1v) is 11.1. The normalized spacial score (nSPS) is 14.3. The number of furan rings is 1. The minimum absolute atomic E-state index is 0.0652. The van der Waals surface area contributed by atoms with Crippen molar-refractivity contribution in [3.05, 3.63) is 48.0 Å². The highest BCUT2D eigenvalue weighted by Crippen LogP contribution is 2.42. The van der Waals surface area contributed by atoms with E-state index in [1.54, 1.807) is 6.07 Å². The molecule has 0 fully saturated rings. The predicted octanol–water partition coefficient (Wildman–Crippen LogP) is 2.80. The molecule has 0 unspecified atom stereocenters. The van der Waals surface area contributed by atoms with Gasteiger partial charge in [0.05, 0.1) is 0 Å². The number of carboxylic acid groups (broad SMARTS) is 1. The van der Waals surface area contributed by atoms with Crippen LogP contribution in [0.2, 0.25) is 0 Å². The van der Waals surface area contributed by atoms with E-state index in [4.69, 9.17) is 10.2 Å². The van der Waals surface area contributed by atoms with Crippen LogP contribution in [0.5, 0.6) is 0 Å². The van der Waals surface area contributed by atoms with Crippen LogP contribution < -0.4 is 11.1 Å². The number of nitrogens with two attached hydrogens (primary N) is 1. The Bertz CT molecular complexity index is 1040. The van der Waals surface area contributed by atoms with Crippen LogP contribution in [-0.2, 0) is 15.8 Å². The van der Waals surface area contributed by atoms with Crippen LogP contribution in [0.15, 0.2) is 46.9 Å². The summed E-state index contributed by atoms with van der Waals surface area (Å²) in [7, 11) is -4.51. The quantitative estimate of drug-likeness (QED) is 0.249. The van der Waals surface area contributed by atoms with E-state index in [0.717, 1.165) is 16.4 Å². The molecule has 156 valence electrons. The third-order valence-corrected chi connectivity index (χ3v) is 6.13. The van der Waals surface area contributed by atoms with Gasteiger partial charge in [0.2, 0.25) is 0 Å². The lowest BCUT2D eigenvalue weighted by Gasteiger charge is -2.24. The Balaban J connectivity index is 1.81. The predicted molar refractivity (Wildman–Crippen MR) is 111 cm³/mol. The molecule has 29 heavy (non-hydrogen) atoms. The summed E-state index contributed by atoms with van der Waals surface area (Å²) in [5, 5.41) is 14.1. The number of hydrogen-bond donors (Lipinski definition) is 5. The number of aliphatic carboxylic acids is 1. The highest BCUT2D eigenvalue weighted by Gasteiger charge is 2.32. The van der Waals surface area contributed by atoms with Gasteiger partial charge in [0, 0.05) is 10.8 Å². The number of rotatable bonds is 10. The summed E-state index contributed by atoms with van der Waals surface area (Å²) in [6.07, 6.45) is 1.32. The molecule has 0 amide bonds. The van der Waals surface area contributed by atoms with Crippen molar-refractivity contribution < 1.29 is 28.7 Å². The molecule has 6 N–H and O–H groups in total. The first kappa shape index (κ1) is 21.5. The van der Waals surface area contributed by atoms with Crippen molar-refractivity contribution in [1.29, 1.82) is 0 Å². The molecular weight excluding hydrogens is 395 g/mol. The summed E-state index contributed by atoms with van der Waals surface area (Å²) in [5.41, 5.74) is 7.51. The number of carbonyl (C=O) groups is 1. The highest BCUT2D eigenvalue weighted by atomic mass is 31.2. The molecule has 3 aromatic rings. The van der Waals surface area contributed by atoms with Crippen molar-refractivity contribution in [2.45, 2.75) is 37.5 Å².